The molecule has 0 aliphatic rings. The summed E-state index contributed by atoms with van der Waals surface area (Å²) in [5, 5.41) is 1.18. The molecule has 0 saturated heterocycles. The van der Waals surface area contributed by atoms with Crippen molar-refractivity contribution in [3.05, 3.63) is 63.9 Å². The molecule has 0 aliphatic heterocycles. The van der Waals surface area contributed by atoms with Gasteiger partial charge in [0.1, 0.15) is 5.65 Å². The summed E-state index contributed by atoms with van der Waals surface area (Å²) in [6.45, 7) is 1.96. The second kappa shape index (κ2) is 6.63. The Labute approximate surface area is 147 Å². The van der Waals surface area contributed by atoms with E-state index in [-0.39, 0.29) is 23.1 Å². The van der Waals surface area contributed by atoms with Crippen LogP contribution in [-0.2, 0) is 4.74 Å². The van der Waals surface area contributed by atoms with Crippen LogP contribution in [0.15, 0.2) is 42.7 Å². The number of hydrogen-bond acceptors (Lipinski definition) is 4. The quantitative estimate of drug-likeness (QED) is 0.654. The number of esters is 1. The average Bonchev–Trinajstić information content (AvgIpc) is 2.97. The highest BCUT2D eigenvalue weighted by Crippen LogP contribution is 2.25. The molecular formula is C17H12Cl2N2O3. The highest BCUT2D eigenvalue weighted by molar-refractivity contribution is 6.42. The maximum absolute atomic E-state index is 12.8. The zero-order valence-corrected chi connectivity index (χ0v) is 14.1. The first-order valence-electron chi connectivity index (χ1n) is 7.16. The SMILES string of the molecule is CCOC(=O)c1cn(C(=O)c2ccc(Cl)c(Cl)c2)c2ncccc12. The van der Waals surface area contributed by atoms with Crippen LogP contribution in [0.4, 0.5) is 0 Å². The van der Waals surface area contributed by atoms with E-state index in [1.54, 1.807) is 37.4 Å². The summed E-state index contributed by atoms with van der Waals surface area (Å²) in [5.41, 5.74) is 0.993. The third-order valence-corrected chi connectivity index (χ3v) is 4.18. The maximum atomic E-state index is 12.8. The fraction of sp³-hybridized carbons (Fsp3) is 0.118. The molecule has 0 atom stereocenters. The zero-order chi connectivity index (χ0) is 17.3. The summed E-state index contributed by atoms with van der Waals surface area (Å²) in [5.74, 6) is -0.871. The third kappa shape index (κ3) is 2.88. The summed E-state index contributed by atoms with van der Waals surface area (Å²) in [6.07, 6.45) is 2.98. The largest absolute Gasteiger partial charge is 0.462 e. The Hall–Kier alpha value is -2.37. The predicted octanol–water partition coefficient (Wildman–Crippen LogP) is 4.21. The molecule has 0 spiro atoms. The third-order valence-electron chi connectivity index (χ3n) is 3.44. The van der Waals surface area contributed by atoms with E-state index in [1.807, 2.05) is 0 Å². The van der Waals surface area contributed by atoms with Crippen LogP contribution in [0.1, 0.15) is 27.6 Å². The van der Waals surface area contributed by atoms with Gasteiger partial charge in [0.15, 0.2) is 0 Å². The zero-order valence-electron chi connectivity index (χ0n) is 12.6. The number of halogens is 2. The first-order chi connectivity index (χ1) is 11.5. The molecule has 3 aromatic rings. The molecule has 2 heterocycles. The minimum Gasteiger partial charge on any atom is -0.462 e. The van der Waals surface area contributed by atoms with Gasteiger partial charge in [-0.3, -0.25) is 9.36 Å². The molecule has 0 bridgehead atoms. The van der Waals surface area contributed by atoms with Crippen molar-refractivity contribution in [2.75, 3.05) is 6.61 Å². The molecule has 0 fully saturated rings. The molecule has 2 aromatic heterocycles. The van der Waals surface area contributed by atoms with Crippen molar-refractivity contribution in [1.82, 2.24) is 9.55 Å². The molecular weight excluding hydrogens is 351 g/mol. The molecule has 0 radical (unpaired) electrons. The number of aromatic nitrogens is 2. The van der Waals surface area contributed by atoms with Gasteiger partial charge in [-0.15, -0.1) is 0 Å². The molecule has 0 N–H and O–H groups in total. The van der Waals surface area contributed by atoms with Crippen LogP contribution in [0, 0.1) is 0 Å². The summed E-state index contributed by atoms with van der Waals surface area (Å²) < 4.78 is 6.35. The Morgan fingerprint density at radius 2 is 2.00 bits per heavy atom. The number of nitrogens with zero attached hydrogens (tertiary/aromatic N) is 2. The van der Waals surface area contributed by atoms with Gasteiger partial charge < -0.3 is 4.74 Å². The van der Waals surface area contributed by atoms with Crippen LogP contribution in [-0.4, -0.2) is 28.0 Å². The van der Waals surface area contributed by atoms with Crippen molar-refractivity contribution in [2.24, 2.45) is 0 Å². The van der Waals surface area contributed by atoms with Crippen LogP contribution in [0.2, 0.25) is 10.0 Å². The van der Waals surface area contributed by atoms with Crippen molar-refractivity contribution in [2.45, 2.75) is 6.92 Å². The standard InChI is InChI=1S/C17H12Cl2N2O3/c1-2-24-17(23)12-9-21(15-11(12)4-3-7-20-15)16(22)10-5-6-13(18)14(19)8-10/h3-9H,2H2,1H3. The molecule has 0 saturated carbocycles. The Morgan fingerprint density at radius 1 is 1.21 bits per heavy atom. The van der Waals surface area contributed by atoms with E-state index in [0.29, 0.717) is 21.6 Å². The van der Waals surface area contributed by atoms with Crippen LogP contribution < -0.4 is 0 Å². The molecule has 122 valence electrons. The van der Waals surface area contributed by atoms with Crippen LogP contribution in [0.5, 0.6) is 0 Å². The highest BCUT2D eigenvalue weighted by Gasteiger charge is 2.21. The van der Waals surface area contributed by atoms with E-state index in [2.05, 4.69) is 4.98 Å². The summed E-state index contributed by atoms with van der Waals surface area (Å²) in [7, 11) is 0. The van der Waals surface area contributed by atoms with Crippen LogP contribution in [0.3, 0.4) is 0 Å². The van der Waals surface area contributed by atoms with Gasteiger partial charge in [0.25, 0.3) is 5.91 Å². The van der Waals surface area contributed by atoms with E-state index >= 15 is 0 Å². The molecule has 7 heteroatoms. The normalized spacial score (nSPS) is 10.8. The maximum Gasteiger partial charge on any atom is 0.340 e. The lowest BCUT2D eigenvalue weighted by Gasteiger charge is -2.04. The fourth-order valence-corrected chi connectivity index (χ4v) is 2.65. The van der Waals surface area contributed by atoms with Crippen LogP contribution in [0.25, 0.3) is 11.0 Å². The number of benzene rings is 1. The van der Waals surface area contributed by atoms with E-state index < -0.39 is 5.97 Å². The van der Waals surface area contributed by atoms with E-state index in [9.17, 15) is 9.59 Å². The van der Waals surface area contributed by atoms with Crippen molar-refractivity contribution in [3.8, 4) is 0 Å². The second-order valence-electron chi connectivity index (χ2n) is 4.94. The first-order valence-corrected chi connectivity index (χ1v) is 7.91. The molecule has 1 aromatic carbocycles. The average molecular weight is 363 g/mol. The fourth-order valence-electron chi connectivity index (χ4n) is 2.35. The van der Waals surface area contributed by atoms with Gasteiger partial charge in [-0.2, -0.15) is 0 Å². The Kier molecular flexibility index (Phi) is 4.55. The Balaban J connectivity index is 2.13. The summed E-state index contributed by atoms with van der Waals surface area (Å²) >= 11 is 11.9. The number of ether oxygens (including phenoxy) is 1. The summed E-state index contributed by atoms with van der Waals surface area (Å²) in [4.78, 5) is 29.1. The minimum atomic E-state index is -0.504. The topological polar surface area (TPSA) is 61.2 Å². The number of hydrogen-bond donors (Lipinski definition) is 0. The lowest BCUT2D eigenvalue weighted by atomic mass is 10.2. The number of fused-ring (bicyclic) bond motifs is 1. The van der Waals surface area contributed by atoms with Gasteiger partial charge in [-0.05, 0) is 37.3 Å². The first kappa shape index (κ1) is 16.5. The number of carbonyl (C=O) groups is 2. The number of pyridine rings is 1. The summed E-state index contributed by atoms with van der Waals surface area (Å²) in [6, 6.07) is 8.00. The number of carbonyl (C=O) groups excluding carboxylic acids is 2. The molecule has 0 aliphatic carbocycles. The lowest BCUT2D eigenvalue weighted by molar-refractivity contribution is 0.0528. The molecule has 24 heavy (non-hydrogen) atoms. The lowest BCUT2D eigenvalue weighted by Crippen LogP contribution is -2.11. The van der Waals surface area contributed by atoms with Crippen molar-refractivity contribution < 1.29 is 14.3 Å². The van der Waals surface area contributed by atoms with Gasteiger partial charge >= 0.3 is 5.97 Å². The molecule has 0 unspecified atom stereocenters. The van der Waals surface area contributed by atoms with E-state index in [4.69, 9.17) is 27.9 Å². The van der Waals surface area contributed by atoms with Gasteiger partial charge in [-0.25, -0.2) is 9.78 Å². The minimum absolute atomic E-state index is 0.243. The van der Waals surface area contributed by atoms with Gasteiger partial charge in [0.05, 0.1) is 22.2 Å². The Morgan fingerprint density at radius 3 is 2.71 bits per heavy atom. The van der Waals surface area contributed by atoms with Crippen molar-refractivity contribution in [1.29, 1.82) is 0 Å². The molecule has 5 nitrogen and oxygen atoms in total. The monoisotopic (exact) mass is 362 g/mol. The Bertz CT molecular complexity index is 950. The molecule has 0 amide bonds. The van der Waals surface area contributed by atoms with E-state index in [0.717, 1.165) is 0 Å². The highest BCUT2D eigenvalue weighted by atomic mass is 35.5. The van der Waals surface area contributed by atoms with Crippen molar-refractivity contribution >= 4 is 46.1 Å². The van der Waals surface area contributed by atoms with Gasteiger partial charge in [0.2, 0.25) is 0 Å². The molecule has 3 rings (SSSR count). The van der Waals surface area contributed by atoms with Crippen molar-refractivity contribution in [3.63, 3.8) is 0 Å². The number of rotatable bonds is 3. The predicted molar refractivity (Wildman–Crippen MR) is 91.9 cm³/mol. The van der Waals surface area contributed by atoms with Crippen LogP contribution >= 0.6 is 23.2 Å². The smallest absolute Gasteiger partial charge is 0.340 e. The van der Waals surface area contributed by atoms with Gasteiger partial charge in [0, 0.05) is 23.3 Å². The van der Waals surface area contributed by atoms with Gasteiger partial charge in [-0.1, -0.05) is 23.2 Å². The van der Waals surface area contributed by atoms with E-state index in [1.165, 1.54) is 16.8 Å². The second-order valence-corrected chi connectivity index (χ2v) is 5.76.